The van der Waals surface area contributed by atoms with Gasteiger partial charge in [-0.3, -0.25) is 0 Å². The quantitative estimate of drug-likeness (QED) is 0.366. The highest BCUT2D eigenvalue weighted by Crippen LogP contribution is 2.25. The zero-order chi connectivity index (χ0) is 15.8. The van der Waals surface area contributed by atoms with Crippen molar-refractivity contribution in [3.63, 3.8) is 0 Å². The van der Waals surface area contributed by atoms with Gasteiger partial charge in [-0.2, -0.15) is 0 Å². The number of hydrogen-bond acceptors (Lipinski definition) is 4. The highest BCUT2D eigenvalue weighted by molar-refractivity contribution is 5.89. The highest BCUT2D eigenvalue weighted by Gasteiger charge is 2.12. The Morgan fingerprint density at radius 2 is 1.73 bits per heavy atom. The summed E-state index contributed by atoms with van der Waals surface area (Å²) in [7, 11) is 0. The lowest BCUT2D eigenvalue weighted by Crippen LogP contribution is -2.11. The summed E-state index contributed by atoms with van der Waals surface area (Å²) in [6, 6.07) is 15.8. The average Bonchev–Trinajstić information content (AvgIpc) is 2.54. The molecule has 0 saturated carbocycles. The van der Waals surface area contributed by atoms with E-state index in [0.717, 1.165) is 5.75 Å². The van der Waals surface area contributed by atoms with Gasteiger partial charge < -0.3 is 14.6 Å². The third-order valence-electron chi connectivity index (χ3n) is 2.99. The van der Waals surface area contributed by atoms with E-state index in [0.29, 0.717) is 25.0 Å². The molecule has 0 saturated heterocycles. The van der Waals surface area contributed by atoms with Gasteiger partial charge in [0.25, 0.3) is 0 Å². The fourth-order valence-electron chi connectivity index (χ4n) is 1.81. The molecule has 2 rings (SSSR count). The van der Waals surface area contributed by atoms with E-state index < -0.39 is 5.97 Å². The first kappa shape index (κ1) is 15.6. The second-order valence-electron chi connectivity index (χ2n) is 4.73. The summed E-state index contributed by atoms with van der Waals surface area (Å²) in [5.41, 5.74) is 0.347. The molecule has 0 aliphatic rings. The minimum atomic E-state index is -0.541. The Bertz CT molecular complexity index is 635. The van der Waals surface area contributed by atoms with Gasteiger partial charge in [-0.1, -0.05) is 36.9 Å². The van der Waals surface area contributed by atoms with E-state index in [4.69, 9.17) is 9.47 Å². The molecule has 0 unspecified atom stereocenters. The van der Waals surface area contributed by atoms with Crippen molar-refractivity contribution in [1.29, 1.82) is 0 Å². The maximum absolute atomic E-state index is 11.9. The number of benzene rings is 2. The second-order valence-corrected chi connectivity index (χ2v) is 4.73. The number of aromatic hydroxyl groups is 1. The Kier molecular flexibility index (Phi) is 5.60. The molecular weight excluding hydrogens is 280 g/mol. The smallest absolute Gasteiger partial charge is 0.338 e. The SMILES string of the molecule is C=C(CCCOc1ccccc1)C(=O)Oc1ccccc1O. The van der Waals surface area contributed by atoms with E-state index in [9.17, 15) is 9.90 Å². The van der Waals surface area contributed by atoms with Crippen LogP contribution in [0.1, 0.15) is 12.8 Å². The van der Waals surface area contributed by atoms with Gasteiger partial charge in [0.05, 0.1) is 6.61 Å². The zero-order valence-electron chi connectivity index (χ0n) is 12.2. The van der Waals surface area contributed by atoms with Crippen LogP contribution in [-0.4, -0.2) is 17.7 Å². The van der Waals surface area contributed by atoms with E-state index in [-0.39, 0.29) is 11.5 Å². The van der Waals surface area contributed by atoms with Crippen molar-refractivity contribution in [3.8, 4) is 17.2 Å². The summed E-state index contributed by atoms with van der Waals surface area (Å²) in [6.07, 6.45) is 1.13. The molecule has 1 N–H and O–H groups in total. The van der Waals surface area contributed by atoms with Crippen molar-refractivity contribution < 1.29 is 19.4 Å². The Morgan fingerprint density at radius 1 is 1.05 bits per heavy atom. The van der Waals surface area contributed by atoms with Gasteiger partial charge in [-0.15, -0.1) is 0 Å². The summed E-state index contributed by atoms with van der Waals surface area (Å²) in [5, 5.41) is 9.55. The average molecular weight is 298 g/mol. The van der Waals surface area contributed by atoms with Gasteiger partial charge in [-0.25, -0.2) is 4.79 Å². The van der Waals surface area contributed by atoms with Crippen molar-refractivity contribution >= 4 is 5.97 Å². The van der Waals surface area contributed by atoms with Gasteiger partial charge in [0.15, 0.2) is 11.5 Å². The van der Waals surface area contributed by atoms with Crippen molar-refractivity contribution in [3.05, 3.63) is 66.7 Å². The summed E-state index contributed by atoms with van der Waals surface area (Å²) >= 11 is 0. The fraction of sp³-hybridized carbons (Fsp3) is 0.167. The number of carbonyl (C=O) groups is 1. The minimum absolute atomic E-state index is 0.0731. The number of esters is 1. The van der Waals surface area contributed by atoms with Crippen molar-refractivity contribution in [2.24, 2.45) is 0 Å². The van der Waals surface area contributed by atoms with Crippen LogP contribution >= 0.6 is 0 Å². The van der Waals surface area contributed by atoms with E-state index in [1.165, 1.54) is 12.1 Å². The molecule has 0 radical (unpaired) electrons. The van der Waals surface area contributed by atoms with Crippen LogP contribution in [0.3, 0.4) is 0 Å². The molecule has 0 bridgehead atoms. The van der Waals surface area contributed by atoms with Crippen LogP contribution in [0, 0.1) is 0 Å². The Morgan fingerprint density at radius 3 is 2.45 bits per heavy atom. The number of phenols is 1. The summed E-state index contributed by atoms with van der Waals surface area (Å²) in [5.74, 6) is 0.316. The van der Waals surface area contributed by atoms with Crippen LogP contribution < -0.4 is 9.47 Å². The van der Waals surface area contributed by atoms with E-state index in [1.54, 1.807) is 12.1 Å². The predicted molar refractivity (Wildman–Crippen MR) is 84.1 cm³/mol. The molecule has 0 aromatic heterocycles. The number of carbonyl (C=O) groups excluding carboxylic acids is 1. The molecule has 4 nitrogen and oxygen atoms in total. The lowest BCUT2D eigenvalue weighted by molar-refractivity contribution is -0.130. The van der Waals surface area contributed by atoms with Crippen LogP contribution in [-0.2, 0) is 4.79 Å². The van der Waals surface area contributed by atoms with Gasteiger partial charge in [0.2, 0.25) is 0 Å². The molecular formula is C18H18O4. The molecule has 2 aromatic carbocycles. The number of hydrogen-bond donors (Lipinski definition) is 1. The molecule has 0 fully saturated rings. The third-order valence-corrected chi connectivity index (χ3v) is 2.99. The fourth-order valence-corrected chi connectivity index (χ4v) is 1.81. The van der Waals surface area contributed by atoms with Crippen LogP contribution in [0.2, 0.25) is 0 Å². The summed E-state index contributed by atoms with van der Waals surface area (Å²) < 4.78 is 10.6. The molecule has 0 atom stereocenters. The minimum Gasteiger partial charge on any atom is -0.504 e. The number of phenolic OH excluding ortho intramolecular Hbond substituents is 1. The van der Waals surface area contributed by atoms with Gasteiger partial charge >= 0.3 is 5.97 Å². The highest BCUT2D eigenvalue weighted by atomic mass is 16.5. The predicted octanol–water partition coefficient (Wildman–Crippen LogP) is 3.71. The first-order chi connectivity index (χ1) is 10.7. The van der Waals surface area contributed by atoms with Crippen LogP contribution in [0.15, 0.2) is 66.7 Å². The van der Waals surface area contributed by atoms with Crippen LogP contribution in [0.4, 0.5) is 0 Å². The van der Waals surface area contributed by atoms with Gasteiger partial charge in [0, 0.05) is 5.57 Å². The van der Waals surface area contributed by atoms with Crippen molar-refractivity contribution in [1.82, 2.24) is 0 Å². The number of rotatable bonds is 7. The standard InChI is InChI=1S/C18H18O4/c1-14(8-7-13-21-15-9-3-2-4-10-15)18(20)22-17-12-6-5-11-16(17)19/h2-6,9-12,19H,1,7-8,13H2. The van der Waals surface area contributed by atoms with E-state index in [2.05, 4.69) is 6.58 Å². The summed E-state index contributed by atoms with van der Waals surface area (Å²) in [4.78, 5) is 11.9. The largest absolute Gasteiger partial charge is 0.504 e. The third kappa shape index (κ3) is 4.66. The Hall–Kier alpha value is -2.75. The lowest BCUT2D eigenvalue weighted by Gasteiger charge is -2.09. The normalized spacial score (nSPS) is 10.0. The number of ether oxygens (including phenoxy) is 2. The van der Waals surface area contributed by atoms with Crippen LogP contribution in [0.25, 0.3) is 0 Å². The second kappa shape index (κ2) is 7.88. The molecule has 0 aliphatic carbocycles. The topological polar surface area (TPSA) is 55.8 Å². The van der Waals surface area contributed by atoms with Crippen LogP contribution in [0.5, 0.6) is 17.2 Å². The molecule has 2 aromatic rings. The van der Waals surface area contributed by atoms with Gasteiger partial charge in [-0.05, 0) is 37.1 Å². The lowest BCUT2D eigenvalue weighted by atomic mass is 10.2. The maximum atomic E-state index is 11.9. The maximum Gasteiger partial charge on any atom is 0.338 e. The van der Waals surface area contributed by atoms with Crippen molar-refractivity contribution in [2.75, 3.05) is 6.61 Å². The van der Waals surface area contributed by atoms with Crippen molar-refractivity contribution in [2.45, 2.75) is 12.8 Å². The zero-order valence-corrected chi connectivity index (χ0v) is 12.2. The monoisotopic (exact) mass is 298 g/mol. The molecule has 0 heterocycles. The molecule has 0 amide bonds. The first-order valence-corrected chi connectivity index (χ1v) is 7.02. The molecule has 0 spiro atoms. The molecule has 4 heteroatoms. The van der Waals surface area contributed by atoms with E-state index in [1.807, 2.05) is 30.3 Å². The molecule has 114 valence electrons. The Labute approximate surface area is 129 Å². The summed E-state index contributed by atoms with van der Waals surface area (Å²) in [6.45, 7) is 4.21. The Balaban J connectivity index is 1.73. The number of para-hydroxylation sites is 3. The van der Waals surface area contributed by atoms with Gasteiger partial charge in [0.1, 0.15) is 5.75 Å². The molecule has 0 aliphatic heterocycles. The van der Waals surface area contributed by atoms with E-state index >= 15 is 0 Å². The first-order valence-electron chi connectivity index (χ1n) is 7.02. The molecule has 22 heavy (non-hydrogen) atoms.